The lowest BCUT2D eigenvalue weighted by Gasteiger charge is -2.07. The molecule has 0 amide bonds. The van der Waals surface area contributed by atoms with Crippen LogP contribution in [0.15, 0.2) is 41.2 Å². The van der Waals surface area contributed by atoms with Gasteiger partial charge in [0.2, 0.25) is 0 Å². The predicted octanol–water partition coefficient (Wildman–Crippen LogP) is 4.79. The molecular formula is C14H9F3N2OS. The summed E-state index contributed by atoms with van der Waals surface area (Å²) < 4.78 is 43.2. The van der Waals surface area contributed by atoms with Crippen molar-refractivity contribution in [1.29, 1.82) is 0 Å². The van der Waals surface area contributed by atoms with Gasteiger partial charge in [0, 0.05) is 11.8 Å². The summed E-state index contributed by atoms with van der Waals surface area (Å²) in [7, 11) is 0. The van der Waals surface area contributed by atoms with E-state index >= 15 is 0 Å². The van der Waals surface area contributed by atoms with E-state index in [-0.39, 0.29) is 0 Å². The van der Waals surface area contributed by atoms with Crippen molar-refractivity contribution in [2.75, 3.05) is 0 Å². The van der Waals surface area contributed by atoms with Gasteiger partial charge in [0.15, 0.2) is 0 Å². The van der Waals surface area contributed by atoms with Crippen LogP contribution in [0.4, 0.5) is 13.2 Å². The quantitative estimate of drug-likeness (QED) is 0.683. The zero-order valence-electron chi connectivity index (χ0n) is 10.8. The number of benzene rings is 1. The number of alkyl halides is 3. The van der Waals surface area contributed by atoms with E-state index < -0.39 is 11.7 Å². The number of hydrogen-bond acceptors (Lipinski definition) is 4. The molecule has 0 aliphatic carbocycles. The van der Waals surface area contributed by atoms with E-state index in [1.807, 2.05) is 0 Å². The molecule has 108 valence electrons. The molecule has 0 saturated heterocycles. The van der Waals surface area contributed by atoms with Crippen molar-refractivity contribution in [3.63, 3.8) is 0 Å². The van der Waals surface area contributed by atoms with Gasteiger partial charge in [0.05, 0.1) is 22.2 Å². The van der Waals surface area contributed by atoms with E-state index in [0.717, 1.165) is 22.6 Å². The first kappa shape index (κ1) is 13.8. The van der Waals surface area contributed by atoms with Gasteiger partial charge < -0.3 is 4.52 Å². The Morgan fingerprint density at radius 2 is 2.00 bits per heavy atom. The molecule has 0 unspecified atom stereocenters. The van der Waals surface area contributed by atoms with Crippen LogP contribution >= 0.6 is 11.3 Å². The Balaban J connectivity index is 1.99. The van der Waals surface area contributed by atoms with Gasteiger partial charge in [-0.25, -0.2) is 4.98 Å². The molecule has 0 saturated carbocycles. The number of aromatic nitrogens is 2. The highest BCUT2D eigenvalue weighted by molar-refractivity contribution is 7.18. The van der Waals surface area contributed by atoms with Gasteiger partial charge >= 0.3 is 6.18 Å². The zero-order chi connectivity index (χ0) is 15.0. The van der Waals surface area contributed by atoms with Crippen LogP contribution < -0.4 is 0 Å². The first-order valence-electron chi connectivity index (χ1n) is 6.00. The van der Waals surface area contributed by atoms with Crippen LogP contribution in [0.25, 0.3) is 21.0 Å². The van der Waals surface area contributed by atoms with Gasteiger partial charge in [0.25, 0.3) is 0 Å². The number of thiazole rings is 1. The lowest BCUT2D eigenvalue weighted by atomic mass is 10.1. The summed E-state index contributed by atoms with van der Waals surface area (Å²) in [5.74, 6) is 0.647. The lowest BCUT2D eigenvalue weighted by molar-refractivity contribution is -0.137. The monoisotopic (exact) mass is 310 g/mol. The molecule has 3 aromatic rings. The Hall–Kier alpha value is -2.15. The summed E-state index contributed by atoms with van der Waals surface area (Å²) in [5, 5.41) is 4.21. The summed E-state index contributed by atoms with van der Waals surface area (Å²) in [4.78, 5) is 5.00. The van der Waals surface area contributed by atoms with Crippen LogP contribution in [0.2, 0.25) is 0 Å². The smallest absolute Gasteiger partial charge is 0.361 e. The highest BCUT2D eigenvalue weighted by atomic mass is 32.1. The Bertz CT molecular complexity index is 776. The van der Waals surface area contributed by atoms with Crippen molar-refractivity contribution in [2.24, 2.45) is 0 Å². The summed E-state index contributed by atoms with van der Waals surface area (Å²) in [6, 6.07) is 5.13. The van der Waals surface area contributed by atoms with Crippen LogP contribution in [-0.2, 0) is 6.18 Å². The third-order valence-electron chi connectivity index (χ3n) is 2.96. The molecule has 0 atom stereocenters. The second-order valence-corrected chi connectivity index (χ2v) is 5.43. The summed E-state index contributed by atoms with van der Waals surface area (Å²) in [5.41, 5.74) is 0.554. The molecule has 0 bridgehead atoms. The molecule has 0 radical (unpaired) electrons. The van der Waals surface area contributed by atoms with Crippen molar-refractivity contribution in [1.82, 2.24) is 10.1 Å². The lowest BCUT2D eigenvalue weighted by Crippen LogP contribution is -2.04. The molecule has 2 aromatic heterocycles. The van der Waals surface area contributed by atoms with E-state index in [0.29, 0.717) is 16.3 Å². The maximum absolute atomic E-state index is 12.7. The largest absolute Gasteiger partial charge is 0.416 e. The maximum atomic E-state index is 12.7. The standard InChI is InChI=1S/C14H9F3N2OS/c1-8-11(6-19-20-8)12-7-18-13(21-12)9-3-2-4-10(5-9)14(15,16)17/h2-7H,1H3. The van der Waals surface area contributed by atoms with Gasteiger partial charge in [-0.15, -0.1) is 11.3 Å². The summed E-state index contributed by atoms with van der Waals surface area (Å²) >= 11 is 1.30. The third kappa shape index (κ3) is 2.69. The fourth-order valence-electron chi connectivity index (χ4n) is 1.90. The highest BCUT2D eigenvalue weighted by Crippen LogP contribution is 2.36. The number of aryl methyl sites for hydroxylation is 1. The minimum atomic E-state index is -4.36. The number of halogens is 3. The second kappa shape index (κ2) is 5.00. The first-order valence-corrected chi connectivity index (χ1v) is 6.82. The third-order valence-corrected chi connectivity index (χ3v) is 4.04. The topological polar surface area (TPSA) is 38.9 Å². The van der Waals surface area contributed by atoms with E-state index in [2.05, 4.69) is 10.1 Å². The summed E-state index contributed by atoms with van der Waals surface area (Å²) in [6.07, 6.45) is -1.18. The Morgan fingerprint density at radius 1 is 1.19 bits per heavy atom. The van der Waals surface area contributed by atoms with E-state index in [1.165, 1.54) is 17.4 Å². The van der Waals surface area contributed by atoms with Crippen molar-refractivity contribution in [3.05, 3.63) is 48.0 Å². The molecule has 3 rings (SSSR count). The number of hydrogen-bond donors (Lipinski definition) is 0. The Kier molecular flexibility index (Phi) is 3.29. The van der Waals surface area contributed by atoms with E-state index in [1.54, 1.807) is 25.4 Å². The first-order chi connectivity index (χ1) is 9.95. The van der Waals surface area contributed by atoms with Gasteiger partial charge in [-0.2, -0.15) is 13.2 Å². The van der Waals surface area contributed by atoms with Crippen LogP contribution in [0, 0.1) is 6.92 Å². The molecular weight excluding hydrogens is 301 g/mol. The maximum Gasteiger partial charge on any atom is 0.416 e. The second-order valence-electron chi connectivity index (χ2n) is 4.40. The summed E-state index contributed by atoms with van der Waals surface area (Å²) in [6.45, 7) is 1.77. The van der Waals surface area contributed by atoms with E-state index in [9.17, 15) is 13.2 Å². The fraction of sp³-hybridized carbons (Fsp3) is 0.143. The molecule has 7 heteroatoms. The fourth-order valence-corrected chi connectivity index (χ4v) is 2.87. The molecule has 0 fully saturated rings. The normalized spacial score (nSPS) is 11.8. The molecule has 0 spiro atoms. The molecule has 2 heterocycles. The van der Waals surface area contributed by atoms with Crippen LogP contribution in [0.5, 0.6) is 0 Å². The molecule has 1 aromatic carbocycles. The molecule has 0 aliphatic heterocycles. The van der Waals surface area contributed by atoms with E-state index in [4.69, 9.17) is 4.52 Å². The SMILES string of the molecule is Cc1oncc1-c1cnc(-c2cccc(C(F)(F)F)c2)s1. The molecule has 0 N–H and O–H groups in total. The molecule has 3 nitrogen and oxygen atoms in total. The minimum Gasteiger partial charge on any atom is -0.361 e. The molecule has 21 heavy (non-hydrogen) atoms. The van der Waals surface area contributed by atoms with Gasteiger partial charge in [-0.3, -0.25) is 0 Å². The van der Waals surface area contributed by atoms with Crippen molar-refractivity contribution in [2.45, 2.75) is 13.1 Å². The number of rotatable bonds is 2. The van der Waals surface area contributed by atoms with Crippen molar-refractivity contribution in [3.8, 4) is 21.0 Å². The zero-order valence-corrected chi connectivity index (χ0v) is 11.6. The predicted molar refractivity (Wildman–Crippen MR) is 72.8 cm³/mol. The van der Waals surface area contributed by atoms with Crippen LogP contribution in [0.3, 0.4) is 0 Å². The average molecular weight is 310 g/mol. The number of nitrogens with zero attached hydrogens (tertiary/aromatic N) is 2. The van der Waals surface area contributed by atoms with Crippen molar-refractivity contribution < 1.29 is 17.7 Å². The van der Waals surface area contributed by atoms with Crippen molar-refractivity contribution >= 4 is 11.3 Å². The highest BCUT2D eigenvalue weighted by Gasteiger charge is 2.30. The van der Waals surface area contributed by atoms with Gasteiger partial charge in [-0.1, -0.05) is 17.3 Å². The van der Waals surface area contributed by atoms with Gasteiger partial charge in [-0.05, 0) is 19.1 Å². The minimum absolute atomic E-state index is 0.440. The Morgan fingerprint density at radius 3 is 2.67 bits per heavy atom. The van der Waals surface area contributed by atoms with Crippen LogP contribution in [0.1, 0.15) is 11.3 Å². The van der Waals surface area contributed by atoms with Gasteiger partial charge in [0.1, 0.15) is 10.8 Å². The Labute approximate surface area is 122 Å². The van der Waals surface area contributed by atoms with Crippen LogP contribution in [-0.4, -0.2) is 10.1 Å². The molecule has 0 aliphatic rings. The average Bonchev–Trinajstić information content (AvgIpc) is 3.06.